The molecule has 0 radical (unpaired) electrons. The topological polar surface area (TPSA) is 41.1 Å². The van der Waals surface area contributed by atoms with Gasteiger partial charge in [-0.25, -0.2) is 9.97 Å². The minimum Gasteiger partial charge on any atom is -0.370 e. The molecule has 0 saturated carbocycles. The second-order valence-electron chi connectivity index (χ2n) is 6.32. The Morgan fingerprint density at radius 3 is 2.32 bits per heavy atom. The van der Waals surface area contributed by atoms with Crippen LogP contribution in [-0.2, 0) is 5.41 Å². The van der Waals surface area contributed by atoms with Gasteiger partial charge in [-0.15, -0.1) is 0 Å². The molecule has 1 saturated heterocycles. The van der Waals surface area contributed by atoms with Crippen molar-refractivity contribution in [2.45, 2.75) is 52.9 Å². The first-order valence-electron chi connectivity index (χ1n) is 7.31. The highest BCUT2D eigenvalue weighted by molar-refractivity contribution is 5.59. The summed E-state index contributed by atoms with van der Waals surface area (Å²) in [5.41, 5.74) is 1.16. The summed E-state index contributed by atoms with van der Waals surface area (Å²) in [5.74, 6) is 3.04. The maximum absolute atomic E-state index is 4.84. The van der Waals surface area contributed by atoms with Crippen LogP contribution >= 0.6 is 0 Å². The average Bonchev–Trinajstić information content (AvgIpc) is 2.84. The summed E-state index contributed by atoms with van der Waals surface area (Å²) in [6.07, 6.45) is 2.54. The van der Waals surface area contributed by atoms with Crippen molar-refractivity contribution >= 4 is 11.6 Å². The fraction of sp³-hybridized carbons (Fsp3) is 0.733. The predicted octanol–water partition coefficient (Wildman–Crippen LogP) is 3.11. The summed E-state index contributed by atoms with van der Waals surface area (Å²) in [4.78, 5) is 12.0. The molecule has 2 heterocycles. The predicted molar refractivity (Wildman–Crippen MR) is 81.1 cm³/mol. The van der Waals surface area contributed by atoms with Gasteiger partial charge in [0.05, 0.1) is 0 Å². The fourth-order valence-corrected chi connectivity index (χ4v) is 2.42. The van der Waals surface area contributed by atoms with Crippen molar-refractivity contribution in [2.24, 2.45) is 0 Å². The second-order valence-corrected chi connectivity index (χ2v) is 6.32. The van der Waals surface area contributed by atoms with Gasteiger partial charge in [-0.1, -0.05) is 20.8 Å². The standard InChI is InChI=1S/C15H26N4/c1-6-16-12-11(2)13(19-9-7-8-10-19)18-14(17-12)15(3,4)5/h6-10H2,1-5H3,(H,16,17,18). The quantitative estimate of drug-likeness (QED) is 0.908. The minimum atomic E-state index is -0.0215. The Labute approximate surface area is 116 Å². The number of aromatic nitrogens is 2. The summed E-state index contributed by atoms with van der Waals surface area (Å²) in [6, 6.07) is 0. The Kier molecular flexibility index (Phi) is 3.97. The van der Waals surface area contributed by atoms with Crippen LogP contribution in [0.2, 0.25) is 0 Å². The van der Waals surface area contributed by atoms with Crippen molar-refractivity contribution in [3.8, 4) is 0 Å². The van der Waals surface area contributed by atoms with Crippen LogP contribution in [0.25, 0.3) is 0 Å². The van der Waals surface area contributed by atoms with E-state index in [0.29, 0.717) is 0 Å². The van der Waals surface area contributed by atoms with E-state index in [9.17, 15) is 0 Å². The average molecular weight is 262 g/mol. The van der Waals surface area contributed by atoms with E-state index in [0.717, 1.165) is 37.1 Å². The smallest absolute Gasteiger partial charge is 0.138 e. The first-order valence-corrected chi connectivity index (χ1v) is 7.31. The maximum Gasteiger partial charge on any atom is 0.138 e. The molecule has 0 aliphatic carbocycles. The van der Waals surface area contributed by atoms with E-state index in [1.165, 1.54) is 18.4 Å². The van der Waals surface area contributed by atoms with Gasteiger partial charge in [-0.2, -0.15) is 0 Å². The summed E-state index contributed by atoms with van der Waals surface area (Å²) in [6.45, 7) is 13.9. The Morgan fingerprint density at radius 1 is 1.16 bits per heavy atom. The lowest BCUT2D eigenvalue weighted by molar-refractivity contribution is 0.544. The lowest BCUT2D eigenvalue weighted by Crippen LogP contribution is -2.25. The zero-order chi connectivity index (χ0) is 14.0. The molecule has 0 atom stereocenters. The van der Waals surface area contributed by atoms with Crippen LogP contribution in [0, 0.1) is 6.92 Å². The third-order valence-corrected chi connectivity index (χ3v) is 3.54. The molecule has 2 rings (SSSR count). The largest absolute Gasteiger partial charge is 0.370 e. The second kappa shape index (κ2) is 5.35. The van der Waals surface area contributed by atoms with Crippen molar-refractivity contribution in [1.82, 2.24) is 9.97 Å². The third kappa shape index (κ3) is 2.99. The highest BCUT2D eigenvalue weighted by Gasteiger charge is 2.24. The van der Waals surface area contributed by atoms with Crippen LogP contribution in [0.1, 0.15) is 51.9 Å². The van der Waals surface area contributed by atoms with Crippen molar-refractivity contribution in [1.29, 1.82) is 0 Å². The lowest BCUT2D eigenvalue weighted by Gasteiger charge is -2.25. The molecule has 4 heteroatoms. The van der Waals surface area contributed by atoms with Gasteiger partial charge in [0.2, 0.25) is 0 Å². The molecule has 1 fully saturated rings. The monoisotopic (exact) mass is 262 g/mol. The van der Waals surface area contributed by atoms with E-state index in [2.05, 4.69) is 44.8 Å². The highest BCUT2D eigenvalue weighted by Crippen LogP contribution is 2.30. The molecule has 0 aromatic carbocycles. The first kappa shape index (κ1) is 14.1. The van der Waals surface area contributed by atoms with Crippen molar-refractivity contribution in [2.75, 3.05) is 29.9 Å². The normalized spacial score (nSPS) is 15.9. The van der Waals surface area contributed by atoms with E-state index in [4.69, 9.17) is 9.97 Å². The van der Waals surface area contributed by atoms with Gasteiger partial charge >= 0.3 is 0 Å². The zero-order valence-electron chi connectivity index (χ0n) is 12.9. The van der Waals surface area contributed by atoms with Gasteiger partial charge < -0.3 is 10.2 Å². The summed E-state index contributed by atoms with van der Waals surface area (Å²) in [7, 11) is 0. The third-order valence-electron chi connectivity index (χ3n) is 3.54. The van der Waals surface area contributed by atoms with Crippen LogP contribution in [0.5, 0.6) is 0 Å². The number of rotatable bonds is 3. The Balaban J connectivity index is 2.47. The maximum atomic E-state index is 4.84. The van der Waals surface area contributed by atoms with Crippen LogP contribution < -0.4 is 10.2 Å². The molecular formula is C15H26N4. The molecule has 19 heavy (non-hydrogen) atoms. The Hall–Kier alpha value is -1.32. The molecule has 1 aromatic heterocycles. The fourth-order valence-electron chi connectivity index (χ4n) is 2.42. The highest BCUT2D eigenvalue weighted by atomic mass is 15.2. The Bertz CT molecular complexity index is 442. The lowest BCUT2D eigenvalue weighted by atomic mass is 9.95. The molecule has 0 amide bonds. The molecule has 0 bridgehead atoms. The van der Waals surface area contributed by atoms with E-state index in [1.54, 1.807) is 0 Å². The van der Waals surface area contributed by atoms with Crippen molar-refractivity contribution < 1.29 is 0 Å². The molecule has 0 unspecified atom stereocenters. The van der Waals surface area contributed by atoms with Crippen molar-refractivity contribution in [3.63, 3.8) is 0 Å². The molecule has 0 spiro atoms. The van der Waals surface area contributed by atoms with E-state index < -0.39 is 0 Å². The van der Waals surface area contributed by atoms with Crippen LogP contribution in [-0.4, -0.2) is 29.6 Å². The van der Waals surface area contributed by atoms with Crippen LogP contribution in [0.3, 0.4) is 0 Å². The SMILES string of the molecule is CCNc1nc(C(C)(C)C)nc(N2CCCC2)c1C. The van der Waals surface area contributed by atoms with E-state index >= 15 is 0 Å². The van der Waals surface area contributed by atoms with Gasteiger partial charge in [0.1, 0.15) is 17.5 Å². The van der Waals surface area contributed by atoms with Crippen molar-refractivity contribution in [3.05, 3.63) is 11.4 Å². The molecular weight excluding hydrogens is 236 g/mol. The van der Waals surface area contributed by atoms with Gasteiger partial charge in [0, 0.05) is 30.6 Å². The summed E-state index contributed by atoms with van der Waals surface area (Å²) in [5, 5.41) is 3.37. The van der Waals surface area contributed by atoms with Crippen LogP contribution in [0.4, 0.5) is 11.6 Å². The van der Waals surface area contributed by atoms with E-state index in [1.807, 2.05) is 0 Å². The van der Waals surface area contributed by atoms with Gasteiger partial charge in [0.25, 0.3) is 0 Å². The molecule has 1 aliphatic heterocycles. The van der Waals surface area contributed by atoms with Crippen LogP contribution in [0.15, 0.2) is 0 Å². The number of nitrogens with zero attached hydrogens (tertiary/aromatic N) is 3. The van der Waals surface area contributed by atoms with Gasteiger partial charge in [0.15, 0.2) is 0 Å². The van der Waals surface area contributed by atoms with Gasteiger partial charge in [-0.3, -0.25) is 0 Å². The zero-order valence-corrected chi connectivity index (χ0v) is 12.9. The minimum absolute atomic E-state index is 0.0215. The summed E-state index contributed by atoms with van der Waals surface area (Å²) >= 11 is 0. The first-order chi connectivity index (χ1) is 8.93. The molecule has 1 aromatic rings. The molecule has 106 valence electrons. The number of hydrogen-bond donors (Lipinski definition) is 1. The van der Waals surface area contributed by atoms with Gasteiger partial charge in [-0.05, 0) is 26.7 Å². The Morgan fingerprint density at radius 2 is 1.79 bits per heavy atom. The number of anilines is 2. The molecule has 4 nitrogen and oxygen atoms in total. The molecule has 1 aliphatic rings. The molecule has 1 N–H and O–H groups in total. The number of hydrogen-bond acceptors (Lipinski definition) is 4. The van der Waals surface area contributed by atoms with E-state index in [-0.39, 0.29) is 5.41 Å². The summed E-state index contributed by atoms with van der Waals surface area (Å²) < 4.78 is 0. The number of nitrogens with one attached hydrogen (secondary N) is 1.